The van der Waals surface area contributed by atoms with E-state index in [0.717, 1.165) is 41.2 Å². The smallest absolute Gasteiger partial charge is 0.256 e. The standard InChI is InChI=1S/C24H23N3O2S/c28-18-9-6-11-26(15-18)24(29)19-14-22(27-12-5-4-10-21(19)27)20-16-30-23(25-20)13-17-7-2-1-3-8-17/h1-5,7-8,10,12,14,16,18,28H,6,9,11,13,15H2/t18-/m0/s1. The summed E-state index contributed by atoms with van der Waals surface area (Å²) >= 11 is 1.64. The zero-order valence-corrected chi connectivity index (χ0v) is 17.4. The molecule has 0 radical (unpaired) electrons. The number of nitrogens with zero attached hydrogens (tertiary/aromatic N) is 3. The molecule has 4 heterocycles. The number of β-amino-alcohol motifs (C(OH)–C–C–N with tert-alkyl or cyclic N) is 1. The predicted octanol–water partition coefficient (Wildman–Crippen LogP) is 4.25. The summed E-state index contributed by atoms with van der Waals surface area (Å²) in [6.45, 7) is 1.09. The van der Waals surface area contributed by atoms with E-state index >= 15 is 0 Å². The Morgan fingerprint density at radius 1 is 1.17 bits per heavy atom. The van der Waals surface area contributed by atoms with Gasteiger partial charge in [-0.25, -0.2) is 4.98 Å². The average molecular weight is 418 g/mol. The van der Waals surface area contributed by atoms with Crippen LogP contribution in [-0.4, -0.2) is 44.5 Å². The van der Waals surface area contributed by atoms with Crippen LogP contribution in [0.3, 0.4) is 0 Å². The molecule has 3 aromatic heterocycles. The number of aromatic nitrogens is 2. The first-order chi connectivity index (χ1) is 14.7. The van der Waals surface area contributed by atoms with Crippen molar-refractivity contribution >= 4 is 22.8 Å². The van der Waals surface area contributed by atoms with Gasteiger partial charge in [0.25, 0.3) is 5.91 Å². The topological polar surface area (TPSA) is 57.8 Å². The van der Waals surface area contributed by atoms with Crippen molar-refractivity contribution in [3.63, 3.8) is 0 Å². The Bertz CT molecular complexity index is 1180. The lowest BCUT2D eigenvalue weighted by molar-refractivity contribution is 0.0475. The van der Waals surface area contributed by atoms with E-state index in [-0.39, 0.29) is 5.91 Å². The first-order valence-corrected chi connectivity index (χ1v) is 11.1. The number of hydrogen-bond donors (Lipinski definition) is 1. The third kappa shape index (κ3) is 3.64. The summed E-state index contributed by atoms with van der Waals surface area (Å²) in [5, 5.41) is 13.1. The molecule has 0 spiro atoms. The zero-order chi connectivity index (χ0) is 20.5. The molecular weight excluding hydrogens is 394 g/mol. The average Bonchev–Trinajstić information content (AvgIpc) is 3.38. The Morgan fingerprint density at radius 3 is 2.83 bits per heavy atom. The number of pyridine rings is 1. The van der Waals surface area contributed by atoms with E-state index in [4.69, 9.17) is 4.98 Å². The third-order valence-electron chi connectivity index (χ3n) is 5.60. The molecule has 1 aliphatic heterocycles. The van der Waals surface area contributed by atoms with Gasteiger partial charge >= 0.3 is 0 Å². The van der Waals surface area contributed by atoms with Crippen molar-refractivity contribution in [1.29, 1.82) is 0 Å². The van der Waals surface area contributed by atoms with Gasteiger partial charge in [-0.15, -0.1) is 11.3 Å². The Labute approximate surface area is 179 Å². The van der Waals surface area contributed by atoms with Gasteiger partial charge in [-0.05, 0) is 36.6 Å². The van der Waals surface area contributed by atoms with E-state index < -0.39 is 6.10 Å². The number of rotatable bonds is 4. The molecule has 1 atom stereocenters. The largest absolute Gasteiger partial charge is 0.391 e. The first-order valence-electron chi connectivity index (χ1n) is 10.2. The molecule has 1 aliphatic rings. The summed E-state index contributed by atoms with van der Waals surface area (Å²) in [5.41, 5.74) is 4.57. The Kier molecular flexibility index (Phi) is 5.11. The van der Waals surface area contributed by atoms with Gasteiger partial charge in [0.15, 0.2) is 0 Å². The van der Waals surface area contributed by atoms with E-state index in [1.54, 1.807) is 16.2 Å². The minimum Gasteiger partial charge on any atom is -0.391 e. The molecule has 0 saturated carbocycles. The molecular formula is C24H23N3O2S. The van der Waals surface area contributed by atoms with E-state index in [0.29, 0.717) is 18.7 Å². The van der Waals surface area contributed by atoms with Crippen molar-refractivity contribution < 1.29 is 9.90 Å². The number of amides is 1. The summed E-state index contributed by atoms with van der Waals surface area (Å²) in [4.78, 5) is 19.9. The van der Waals surface area contributed by atoms with Crippen molar-refractivity contribution in [2.75, 3.05) is 13.1 Å². The number of aliphatic hydroxyl groups is 1. The fourth-order valence-electron chi connectivity index (χ4n) is 4.11. The highest BCUT2D eigenvalue weighted by Crippen LogP contribution is 2.29. The number of benzene rings is 1. The first kappa shape index (κ1) is 19.0. The fraction of sp³-hybridized carbons (Fsp3) is 0.250. The van der Waals surface area contributed by atoms with Gasteiger partial charge in [0.2, 0.25) is 0 Å². The summed E-state index contributed by atoms with van der Waals surface area (Å²) in [6, 6.07) is 18.1. The molecule has 1 amide bonds. The molecule has 1 fully saturated rings. The van der Waals surface area contributed by atoms with Crippen LogP contribution in [0, 0.1) is 0 Å². The van der Waals surface area contributed by atoms with Gasteiger partial charge in [0, 0.05) is 31.1 Å². The molecule has 0 aliphatic carbocycles. The van der Waals surface area contributed by atoms with Crippen molar-refractivity contribution in [2.45, 2.75) is 25.4 Å². The van der Waals surface area contributed by atoms with Crippen LogP contribution in [0.2, 0.25) is 0 Å². The van der Waals surface area contributed by atoms with Crippen LogP contribution in [0.4, 0.5) is 0 Å². The van der Waals surface area contributed by atoms with Gasteiger partial charge in [-0.1, -0.05) is 36.4 Å². The second-order valence-electron chi connectivity index (χ2n) is 7.74. The number of piperidine rings is 1. The van der Waals surface area contributed by atoms with E-state index in [9.17, 15) is 9.90 Å². The van der Waals surface area contributed by atoms with Crippen molar-refractivity contribution in [3.8, 4) is 11.4 Å². The molecule has 5 rings (SSSR count). The van der Waals surface area contributed by atoms with E-state index in [1.165, 1.54) is 5.56 Å². The van der Waals surface area contributed by atoms with Crippen molar-refractivity contribution in [3.05, 3.63) is 82.3 Å². The molecule has 1 N–H and O–H groups in total. The maximum atomic E-state index is 13.2. The number of fused-ring (bicyclic) bond motifs is 1. The highest BCUT2D eigenvalue weighted by Gasteiger charge is 2.26. The molecule has 30 heavy (non-hydrogen) atoms. The monoisotopic (exact) mass is 417 g/mol. The summed E-state index contributed by atoms with van der Waals surface area (Å²) in [6.07, 6.45) is 3.93. The van der Waals surface area contributed by atoms with Crippen LogP contribution in [0.25, 0.3) is 16.9 Å². The number of carbonyl (C=O) groups is 1. The molecule has 1 aromatic carbocycles. The molecule has 152 valence electrons. The number of carbonyl (C=O) groups excluding carboxylic acids is 1. The number of likely N-dealkylation sites (tertiary alicyclic amines) is 1. The second-order valence-corrected chi connectivity index (χ2v) is 8.68. The lowest BCUT2D eigenvalue weighted by Gasteiger charge is -2.30. The lowest BCUT2D eigenvalue weighted by atomic mass is 10.1. The van der Waals surface area contributed by atoms with Gasteiger partial charge < -0.3 is 14.4 Å². The molecule has 6 heteroatoms. The number of aliphatic hydroxyl groups excluding tert-OH is 1. The van der Waals surface area contributed by atoms with Crippen LogP contribution < -0.4 is 0 Å². The Balaban J connectivity index is 1.49. The normalized spacial score (nSPS) is 16.8. The quantitative estimate of drug-likeness (QED) is 0.540. The van der Waals surface area contributed by atoms with Crippen molar-refractivity contribution in [2.24, 2.45) is 0 Å². The highest BCUT2D eigenvalue weighted by molar-refractivity contribution is 7.10. The van der Waals surface area contributed by atoms with Crippen molar-refractivity contribution in [1.82, 2.24) is 14.3 Å². The zero-order valence-electron chi connectivity index (χ0n) is 16.6. The minimum absolute atomic E-state index is 0.0246. The Hall–Kier alpha value is -2.96. The SMILES string of the molecule is O=C(c1cc(-c2csc(Cc3ccccc3)n2)n2ccccc12)N1CCC[C@H](O)C1. The molecule has 1 saturated heterocycles. The van der Waals surface area contributed by atoms with Crippen LogP contribution >= 0.6 is 11.3 Å². The maximum Gasteiger partial charge on any atom is 0.256 e. The highest BCUT2D eigenvalue weighted by atomic mass is 32.1. The van der Waals surface area contributed by atoms with Gasteiger partial charge in [-0.3, -0.25) is 4.79 Å². The molecule has 0 unspecified atom stereocenters. The third-order valence-corrected chi connectivity index (χ3v) is 6.45. The van der Waals surface area contributed by atoms with Crippen LogP contribution in [0.5, 0.6) is 0 Å². The van der Waals surface area contributed by atoms with Gasteiger partial charge in [0.1, 0.15) is 0 Å². The van der Waals surface area contributed by atoms with Gasteiger partial charge in [0.05, 0.1) is 33.6 Å². The molecule has 0 bridgehead atoms. The van der Waals surface area contributed by atoms with Crippen LogP contribution in [0.15, 0.2) is 66.2 Å². The Morgan fingerprint density at radius 2 is 2.00 bits per heavy atom. The number of thiazole rings is 1. The number of hydrogen-bond acceptors (Lipinski definition) is 4. The minimum atomic E-state index is -0.435. The summed E-state index contributed by atoms with van der Waals surface area (Å²) in [5.74, 6) is -0.0246. The predicted molar refractivity (Wildman–Crippen MR) is 119 cm³/mol. The summed E-state index contributed by atoms with van der Waals surface area (Å²) in [7, 11) is 0. The van der Waals surface area contributed by atoms with Gasteiger partial charge in [-0.2, -0.15) is 0 Å². The molecule has 5 nitrogen and oxygen atoms in total. The fourth-order valence-corrected chi connectivity index (χ4v) is 4.93. The maximum absolute atomic E-state index is 13.2. The van der Waals surface area contributed by atoms with E-state index in [1.807, 2.05) is 53.1 Å². The van der Waals surface area contributed by atoms with Crippen LogP contribution in [0.1, 0.15) is 33.8 Å². The molecule has 4 aromatic rings. The summed E-state index contributed by atoms with van der Waals surface area (Å²) < 4.78 is 2.04. The van der Waals surface area contributed by atoms with E-state index in [2.05, 4.69) is 17.5 Å². The second kappa shape index (κ2) is 8.05. The van der Waals surface area contributed by atoms with Crippen LogP contribution in [-0.2, 0) is 6.42 Å². The lowest BCUT2D eigenvalue weighted by Crippen LogP contribution is -2.42.